The first-order valence-corrected chi connectivity index (χ1v) is 9.49. The summed E-state index contributed by atoms with van der Waals surface area (Å²) in [6.45, 7) is 0. The summed E-state index contributed by atoms with van der Waals surface area (Å²) in [5.41, 5.74) is 2.26. The van der Waals surface area contributed by atoms with E-state index in [1.807, 2.05) is 0 Å². The maximum absolute atomic E-state index is 12.8. The molecular formula is C18H18FNO3S. The van der Waals surface area contributed by atoms with Gasteiger partial charge in [-0.2, -0.15) is 0 Å². The van der Waals surface area contributed by atoms with Crippen LogP contribution >= 0.6 is 0 Å². The minimum Gasteiger partial charge on any atom is -0.326 e. The molecule has 6 heteroatoms. The van der Waals surface area contributed by atoms with Crippen LogP contribution in [0.5, 0.6) is 0 Å². The molecule has 0 aliphatic carbocycles. The third-order valence-electron chi connectivity index (χ3n) is 4.09. The highest BCUT2D eigenvalue weighted by molar-refractivity contribution is 7.91. The summed E-state index contributed by atoms with van der Waals surface area (Å²) in [5.74, 6) is -0.270. The van der Waals surface area contributed by atoms with Crippen LogP contribution in [0.1, 0.15) is 24.0 Å². The van der Waals surface area contributed by atoms with Gasteiger partial charge in [-0.25, -0.2) is 12.8 Å². The van der Waals surface area contributed by atoms with Gasteiger partial charge in [0, 0.05) is 12.1 Å². The molecule has 1 amide bonds. The fraction of sp³-hybridized carbons (Fsp3) is 0.278. The molecule has 1 aliphatic heterocycles. The number of nitrogens with one attached hydrogen (secondary N) is 1. The molecule has 2 aromatic carbocycles. The zero-order chi connectivity index (χ0) is 17.2. The van der Waals surface area contributed by atoms with Crippen LogP contribution in [0.15, 0.2) is 47.4 Å². The smallest absolute Gasteiger partial charge is 0.224 e. The van der Waals surface area contributed by atoms with Gasteiger partial charge in [0.25, 0.3) is 0 Å². The van der Waals surface area contributed by atoms with Gasteiger partial charge in [0.1, 0.15) is 5.82 Å². The predicted molar refractivity (Wildman–Crippen MR) is 90.2 cm³/mol. The van der Waals surface area contributed by atoms with Gasteiger partial charge in [0.05, 0.1) is 10.6 Å². The van der Waals surface area contributed by atoms with Gasteiger partial charge in [0.15, 0.2) is 9.84 Å². The maximum Gasteiger partial charge on any atom is 0.224 e. The highest BCUT2D eigenvalue weighted by Crippen LogP contribution is 2.27. The van der Waals surface area contributed by atoms with Gasteiger partial charge in [-0.15, -0.1) is 0 Å². The first kappa shape index (κ1) is 16.6. The average molecular weight is 347 g/mol. The van der Waals surface area contributed by atoms with Crippen molar-refractivity contribution in [2.24, 2.45) is 0 Å². The number of anilines is 1. The summed E-state index contributed by atoms with van der Waals surface area (Å²) in [5, 5.41) is 2.79. The van der Waals surface area contributed by atoms with Crippen LogP contribution in [-0.4, -0.2) is 20.1 Å². The van der Waals surface area contributed by atoms with E-state index in [1.165, 1.54) is 12.1 Å². The van der Waals surface area contributed by atoms with Crippen molar-refractivity contribution in [2.45, 2.75) is 30.6 Å². The number of sulfone groups is 1. The lowest BCUT2D eigenvalue weighted by atomic mass is 10.1. The van der Waals surface area contributed by atoms with E-state index in [0.29, 0.717) is 29.8 Å². The molecule has 1 aliphatic rings. The van der Waals surface area contributed by atoms with Crippen molar-refractivity contribution >= 4 is 21.4 Å². The molecule has 126 valence electrons. The molecule has 3 rings (SSSR count). The SMILES string of the molecule is O=C(CCc1ccc(F)cc1)Nc1ccc2c(c1)CCCS2(=O)=O. The Morgan fingerprint density at radius 3 is 2.62 bits per heavy atom. The van der Waals surface area contributed by atoms with Gasteiger partial charge in [0.2, 0.25) is 5.91 Å². The molecule has 1 N–H and O–H groups in total. The van der Waals surface area contributed by atoms with Gasteiger partial charge < -0.3 is 5.32 Å². The van der Waals surface area contributed by atoms with E-state index in [0.717, 1.165) is 11.1 Å². The standard InChI is InChI=1S/C18H18FNO3S/c19-15-6-3-13(4-7-15)5-10-18(21)20-16-8-9-17-14(12-16)2-1-11-24(17,22)23/h3-4,6-9,12H,1-2,5,10-11H2,(H,20,21). The van der Waals surface area contributed by atoms with Crippen LogP contribution < -0.4 is 5.32 Å². The summed E-state index contributed by atoms with van der Waals surface area (Å²) in [4.78, 5) is 12.4. The molecule has 0 unspecified atom stereocenters. The number of benzene rings is 2. The van der Waals surface area contributed by atoms with Gasteiger partial charge in [-0.1, -0.05) is 12.1 Å². The monoisotopic (exact) mass is 347 g/mol. The number of carbonyl (C=O) groups excluding carboxylic acids is 1. The third-order valence-corrected chi connectivity index (χ3v) is 5.99. The molecule has 2 aromatic rings. The number of fused-ring (bicyclic) bond motifs is 1. The number of aryl methyl sites for hydroxylation is 2. The number of rotatable bonds is 4. The van der Waals surface area contributed by atoms with E-state index < -0.39 is 9.84 Å². The van der Waals surface area contributed by atoms with E-state index in [9.17, 15) is 17.6 Å². The summed E-state index contributed by atoms with van der Waals surface area (Å²) in [7, 11) is -3.18. The number of hydrogen-bond acceptors (Lipinski definition) is 3. The molecule has 24 heavy (non-hydrogen) atoms. The Morgan fingerprint density at radius 1 is 1.12 bits per heavy atom. The number of amides is 1. The second kappa shape index (κ2) is 6.73. The molecule has 0 fully saturated rings. The number of hydrogen-bond donors (Lipinski definition) is 1. The molecule has 0 spiro atoms. The van der Waals surface area contributed by atoms with E-state index in [-0.39, 0.29) is 23.9 Å². The van der Waals surface area contributed by atoms with E-state index in [4.69, 9.17) is 0 Å². The predicted octanol–water partition coefficient (Wildman–Crippen LogP) is 3.12. The quantitative estimate of drug-likeness (QED) is 0.924. The average Bonchev–Trinajstić information content (AvgIpc) is 2.54. The molecule has 0 aromatic heterocycles. The molecule has 4 nitrogen and oxygen atoms in total. The largest absolute Gasteiger partial charge is 0.326 e. The Bertz CT molecular complexity index is 860. The van der Waals surface area contributed by atoms with Gasteiger partial charge in [-0.3, -0.25) is 4.79 Å². The molecule has 0 bridgehead atoms. The van der Waals surface area contributed by atoms with Crippen LogP contribution in [0.2, 0.25) is 0 Å². The zero-order valence-corrected chi connectivity index (χ0v) is 13.9. The molecular weight excluding hydrogens is 329 g/mol. The van der Waals surface area contributed by atoms with Gasteiger partial charge >= 0.3 is 0 Å². The van der Waals surface area contributed by atoms with Crippen LogP contribution in [0.4, 0.5) is 10.1 Å². The van der Waals surface area contributed by atoms with E-state index >= 15 is 0 Å². The normalized spacial score (nSPS) is 15.5. The minimum atomic E-state index is -3.18. The Morgan fingerprint density at radius 2 is 1.88 bits per heavy atom. The third kappa shape index (κ3) is 3.82. The van der Waals surface area contributed by atoms with Crippen molar-refractivity contribution in [1.29, 1.82) is 0 Å². The number of halogens is 1. The van der Waals surface area contributed by atoms with E-state index in [2.05, 4.69) is 5.32 Å². The molecule has 0 radical (unpaired) electrons. The van der Waals surface area contributed by atoms with Gasteiger partial charge in [-0.05, 0) is 60.7 Å². The van der Waals surface area contributed by atoms with Crippen molar-refractivity contribution in [2.75, 3.05) is 11.1 Å². The fourth-order valence-corrected chi connectivity index (χ4v) is 4.43. The van der Waals surface area contributed by atoms with Crippen LogP contribution in [0, 0.1) is 5.82 Å². The topological polar surface area (TPSA) is 63.2 Å². The molecule has 0 saturated heterocycles. The summed E-state index contributed by atoms with van der Waals surface area (Å²) >= 11 is 0. The summed E-state index contributed by atoms with van der Waals surface area (Å²) in [6, 6.07) is 11.0. The molecule has 0 atom stereocenters. The lowest BCUT2D eigenvalue weighted by Gasteiger charge is -2.17. The van der Waals surface area contributed by atoms with Crippen LogP contribution in [0.25, 0.3) is 0 Å². The Labute approximate surface area is 140 Å². The zero-order valence-electron chi connectivity index (χ0n) is 13.1. The Kier molecular flexibility index (Phi) is 4.66. The van der Waals surface area contributed by atoms with Crippen molar-refractivity contribution in [1.82, 2.24) is 0 Å². The van der Waals surface area contributed by atoms with Crippen molar-refractivity contribution in [3.8, 4) is 0 Å². The van der Waals surface area contributed by atoms with Crippen LogP contribution in [-0.2, 0) is 27.5 Å². The number of carbonyl (C=O) groups is 1. The second-order valence-electron chi connectivity index (χ2n) is 5.92. The summed E-state index contributed by atoms with van der Waals surface area (Å²) < 4.78 is 36.8. The molecule has 1 heterocycles. The second-order valence-corrected chi connectivity index (χ2v) is 8.00. The molecule has 0 saturated carbocycles. The first-order valence-electron chi connectivity index (χ1n) is 7.84. The lowest BCUT2D eigenvalue weighted by molar-refractivity contribution is -0.116. The highest BCUT2D eigenvalue weighted by atomic mass is 32.2. The minimum absolute atomic E-state index is 0.155. The lowest BCUT2D eigenvalue weighted by Crippen LogP contribution is -2.17. The summed E-state index contributed by atoms with van der Waals surface area (Å²) in [6.07, 6.45) is 2.11. The Hall–Kier alpha value is -2.21. The van der Waals surface area contributed by atoms with E-state index in [1.54, 1.807) is 30.3 Å². The van der Waals surface area contributed by atoms with Crippen LogP contribution in [0.3, 0.4) is 0 Å². The highest BCUT2D eigenvalue weighted by Gasteiger charge is 2.23. The Balaban J connectivity index is 1.63. The fourth-order valence-electron chi connectivity index (χ4n) is 2.85. The van der Waals surface area contributed by atoms with Crippen molar-refractivity contribution < 1.29 is 17.6 Å². The van der Waals surface area contributed by atoms with Crippen molar-refractivity contribution in [3.05, 3.63) is 59.4 Å². The maximum atomic E-state index is 12.8. The first-order chi connectivity index (χ1) is 11.4. The van der Waals surface area contributed by atoms with Crippen molar-refractivity contribution in [3.63, 3.8) is 0 Å².